The van der Waals surface area contributed by atoms with Gasteiger partial charge in [0.2, 0.25) is 0 Å². The van der Waals surface area contributed by atoms with Crippen LogP contribution in [-0.4, -0.2) is 26.8 Å². The SMILES string of the molecule is Cc1cc2c(cc1O)CCN1Cc3c(ccc(O)c3O)CC21. The molecule has 2 heterocycles. The fraction of sp³-hybridized carbons (Fsp3) is 0.333. The van der Waals surface area contributed by atoms with Gasteiger partial charge in [0.15, 0.2) is 11.5 Å². The van der Waals surface area contributed by atoms with Gasteiger partial charge in [-0.15, -0.1) is 0 Å². The number of aromatic hydroxyl groups is 3. The van der Waals surface area contributed by atoms with Gasteiger partial charge >= 0.3 is 0 Å². The van der Waals surface area contributed by atoms with E-state index in [9.17, 15) is 15.3 Å². The van der Waals surface area contributed by atoms with Crippen molar-refractivity contribution in [1.29, 1.82) is 0 Å². The number of hydrogen-bond acceptors (Lipinski definition) is 4. The Hall–Kier alpha value is -2.20. The smallest absolute Gasteiger partial charge is 0.162 e. The Morgan fingerprint density at radius 2 is 1.86 bits per heavy atom. The lowest BCUT2D eigenvalue weighted by atomic mass is 9.83. The van der Waals surface area contributed by atoms with E-state index < -0.39 is 0 Å². The summed E-state index contributed by atoms with van der Waals surface area (Å²) in [5.41, 5.74) is 5.33. The molecule has 0 spiro atoms. The summed E-state index contributed by atoms with van der Waals surface area (Å²) in [6.07, 6.45) is 1.72. The van der Waals surface area contributed by atoms with E-state index in [1.807, 2.05) is 19.1 Å². The Bertz CT molecular complexity index is 769. The topological polar surface area (TPSA) is 63.9 Å². The van der Waals surface area contributed by atoms with Gasteiger partial charge in [-0.2, -0.15) is 0 Å². The van der Waals surface area contributed by atoms with Crippen LogP contribution in [-0.2, 0) is 19.4 Å². The quantitative estimate of drug-likeness (QED) is 0.654. The maximum atomic E-state index is 10.1. The van der Waals surface area contributed by atoms with Crippen LogP contribution in [0.15, 0.2) is 24.3 Å². The van der Waals surface area contributed by atoms with Crippen molar-refractivity contribution in [3.63, 3.8) is 0 Å². The molecule has 0 saturated heterocycles. The van der Waals surface area contributed by atoms with E-state index in [1.54, 1.807) is 6.07 Å². The molecular weight excluding hydrogens is 278 g/mol. The highest BCUT2D eigenvalue weighted by molar-refractivity contribution is 5.52. The number of fused-ring (bicyclic) bond motifs is 4. The molecule has 1 unspecified atom stereocenters. The molecule has 0 bridgehead atoms. The largest absolute Gasteiger partial charge is 0.508 e. The van der Waals surface area contributed by atoms with Crippen LogP contribution in [0.2, 0.25) is 0 Å². The summed E-state index contributed by atoms with van der Waals surface area (Å²) < 4.78 is 0. The second-order valence-corrected chi connectivity index (χ2v) is 6.35. The van der Waals surface area contributed by atoms with Crippen LogP contribution >= 0.6 is 0 Å². The third kappa shape index (κ3) is 1.87. The summed E-state index contributed by atoms with van der Waals surface area (Å²) >= 11 is 0. The van der Waals surface area contributed by atoms with E-state index in [0.717, 1.165) is 36.1 Å². The van der Waals surface area contributed by atoms with Crippen LogP contribution < -0.4 is 0 Å². The Morgan fingerprint density at radius 3 is 2.68 bits per heavy atom. The fourth-order valence-corrected chi connectivity index (χ4v) is 3.78. The zero-order valence-electron chi connectivity index (χ0n) is 12.5. The third-order valence-corrected chi connectivity index (χ3v) is 5.06. The molecule has 2 aliphatic rings. The van der Waals surface area contributed by atoms with Gasteiger partial charge in [-0.25, -0.2) is 0 Å². The first-order valence-corrected chi connectivity index (χ1v) is 7.63. The van der Waals surface area contributed by atoms with Gasteiger partial charge in [0.05, 0.1) is 0 Å². The highest BCUT2D eigenvalue weighted by Crippen LogP contribution is 2.43. The van der Waals surface area contributed by atoms with Crippen molar-refractivity contribution in [3.8, 4) is 17.2 Å². The summed E-state index contributed by atoms with van der Waals surface area (Å²) in [6, 6.07) is 7.73. The Kier molecular flexibility index (Phi) is 2.84. The number of benzene rings is 2. The van der Waals surface area contributed by atoms with E-state index in [4.69, 9.17) is 0 Å². The number of nitrogens with zero attached hydrogens (tertiary/aromatic N) is 1. The van der Waals surface area contributed by atoms with Crippen LogP contribution in [0.1, 0.15) is 33.9 Å². The average molecular weight is 297 g/mol. The standard InChI is InChI=1S/C18H19NO3/c1-10-6-13-12(8-17(10)21)4-5-19-9-14-11(7-15(13)19)2-3-16(20)18(14)22/h2-3,6,8,15,20-22H,4-5,7,9H2,1H3. The van der Waals surface area contributed by atoms with E-state index in [-0.39, 0.29) is 17.5 Å². The predicted molar refractivity (Wildman–Crippen MR) is 83.2 cm³/mol. The predicted octanol–water partition coefficient (Wildman–Crippen LogP) is 2.77. The van der Waals surface area contributed by atoms with Crippen LogP contribution in [0.4, 0.5) is 0 Å². The van der Waals surface area contributed by atoms with E-state index >= 15 is 0 Å². The summed E-state index contributed by atoms with van der Waals surface area (Å²) in [5.74, 6) is 0.338. The van der Waals surface area contributed by atoms with E-state index in [1.165, 1.54) is 11.1 Å². The van der Waals surface area contributed by atoms with Gasteiger partial charge in [0, 0.05) is 24.7 Å². The Labute approximate surface area is 129 Å². The van der Waals surface area contributed by atoms with Gasteiger partial charge in [-0.05, 0) is 54.2 Å². The molecule has 22 heavy (non-hydrogen) atoms. The molecule has 0 amide bonds. The minimum absolute atomic E-state index is 0.0173. The first-order chi connectivity index (χ1) is 10.5. The lowest BCUT2D eigenvalue weighted by molar-refractivity contribution is 0.158. The molecule has 0 radical (unpaired) electrons. The number of phenols is 3. The zero-order chi connectivity index (χ0) is 15.4. The highest BCUT2D eigenvalue weighted by Gasteiger charge is 2.33. The second kappa shape index (κ2) is 4.65. The van der Waals surface area contributed by atoms with E-state index in [0.29, 0.717) is 12.3 Å². The summed E-state index contributed by atoms with van der Waals surface area (Å²) in [6.45, 7) is 3.48. The van der Waals surface area contributed by atoms with Crippen molar-refractivity contribution in [2.75, 3.05) is 6.54 Å². The summed E-state index contributed by atoms with van der Waals surface area (Å²) in [4.78, 5) is 2.35. The molecule has 4 rings (SSSR count). The van der Waals surface area contributed by atoms with E-state index in [2.05, 4.69) is 11.0 Å². The molecule has 0 aromatic heterocycles. The van der Waals surface area contributed by atoms with Crippen molar-refractivity contribution in [2.45, 2.75) is 32.4 Å². The molecular formula is C18H19NO3. The van der Waals surface area contributed by atoms with Crippen LogP contribution in [0.3, 0.4) is 0 Å². The molecule has 4 nitrogen and oxygen atoms in total. The molecule has 114 valence electrons. The number of hydrogen-bond donors (Lipinski definition) is 3. The van der Waals surface area contributed by atoms with Crippen molar-refractivity contribution in [1.82, 2.24) is 4.90 Å². The van der Waals surface area contributed by atoms with Gasteiger partial charge < -0.3 is 15.3 Å². The van der Waals surface area contributed by atoms with Crippen molar-refractivity contribution >= 4 is 0 Å². The molecule has 2 aromatic rings. The van der Waals surface area contributed by atoms with Crippen molar-refractivity contribution in [3.05, 3.63) is 52.1 Å². The highest BCUT2D eigenvalue weighted by atomic mass is 16.3. The molecule has 0 aliphatic carbocycles. The molecule has 2 aliphatic heterocycles. The van der Waals surface area contributed by atoms with Gasteiger partial charge in [0.1, 0.15) is 5.75 Å². The molecule has 1 atom stereocenters. The van der Waals surface area contributed by atoms with Crippen LogP contribution in [0.25, 0.3) is 0 Å². The van der Waals surface area contributed by atoms with Gasteiger partial charge in [-0.3, -0.25) is 4.90 Å². The minimum Gasteiger partial charge on any atom is -0.508 e. The molecule has 4 heteroatoms. The first-order valence-electron chi connectivity index (χ1n) is 7.63. The first kappa shape index (κ1) is 13.5. The monoisotopic (exact) mass is 297 g/mol. The lowest BCUT2D eigenvalue weighted by Gasteiger charge is -2.41. The van der Waals surface area contributed by atoms with Gasteiger partial charge in [0.25, 0.3) is 0 Å². The average Bonchev–Trinajstić information content (AvgIpc) is 2.51. The summed E-state index contributed by atoms with van der Waals surface area (Å²) in [7, 11) is 0. The molecule has 0 fully saturated rings. The fourth-order valence-electron chi connectivity index (χ4n) is 3.78. The van der Waals surface area contributed by atoms with Crippen molar-refractivity contribution < 1.29 is 15.3 Å². The molecule has 2 aromatic carbocycles. The number of phenolic OH excluding ortho intramolecular Hbond substituents is 3. The van der Waals surface area contributed by atoms with Crippen LogP contribution in [0, 0.1) is 6.92 Å². The number of rotatable bonds is 0. The Morgan fingerprint density at radius 1 is 1.05 bits per heavy atom. The third-order valence-electron chi connectivity index (χ3n) is 5.06. The molecule has 0 saturated carbocycles. The van der Waals surface area contributed by atoms with Gasteiger partial charge in [-0.1, -0.05) is 12.1 Å². The second-order valence-electron chi connectivity index (χ2n) is 6.35. The maximum Gasteiger partial charge on any atom is 0.162 e. The molecule has 3 N–H and O–H groups in total. The number of aryl methyl sites for hydroxylation is 1. The zero-order valence-corrected chi connectivity index (χ0v) is 12.5. The summed E-state index contributed by atoms with van der Waals surface area (Å²) in [5, 5.41) is 29.7. The van der Waals surface area contributed by atoms with Crippen molar-refractivity contribution in [2.24, 2.45) is 0 Å². The Balaban J connectivity index is 1.80. The normalized spacial score (nSPS) is 20.1. The minimum atomic E-state index is -0.0459. The maximum absolute atomic E-state index is 10.1. The van der Waals surface area contributed by atoms with Crippen LogP contribution in [0.5, 0.6) is 17.2 Å². The lowest BCUT2D eigenvalue weighted by Crippen LogP contribution is -2.39.